The molecule has 0 bridgehead atoms. The Hall–Kier alpha value is -1.49. The van der Waals surface area contributed by atoms with Gasteiger partial charge in [-0.3, -0.25) is 4.79 Å². The van der Waals surface area contributed by atoms with E-state index < -0.39 is 5.97 Å². The fourth-order valence-corrected chi connectivity index (χ4v) is 4.23. The van der Waals surface area contributed by atoms with E-state index in [0.29, 0.717) is 0 Å². The van der Waals surface area contributed by atoms with Crippen molar-refractivity contribution in [1.29, 1.82) is 0 Å². The van der Waals surface area contributed by atoms with Crippen LogP contribution in [0.3, 0.4) is 0 Å². The normalized spacial score (nSPS) is 18.2. The number of hydrogen-bond acceptors (Lipinski definition) is 4. The largest absolute Gasteiger partial charge is 0.481 e. The van der Waals surface area contributed by atoms with Crippen LogP contribution in [0, 0.1) is 13.8 Å². The van der Waals surface area contributed by atoms with E-state index in [1.165, 1.54) is 10.4 Å². The molecule has 1 atom stereocenters. The van der Waals surface area contributed by atoms with Crippen molar-refractivity contribution in [2.75, 3.05) is 0 Å². The Labute approximate surface area is 109 Å². The van der Waals surface area contributed by atoms with Gasteiger partial charge in [0, 0.05) is 16.0 Å². The lowest BCUT2D eigenvalue weighted by Gasteiger charge is -2.09. The first-order valence-electron chi connectivity index (χ1n) is 6.04. The van der Waals surface area contributed by atoms with E-state index in [4.69, 9.17) is 5.11 Å². The molecule has 5 heteroatoms. The lowest BCUT2D eigenvalue weighted by Crippen LogP contribution is -2.04. The van der Waals surface area contributed by atoms with Crippen LogP contribution in [0.5, 0.6) is 0 Å². The van der Waals surface area contributed by atoms with Gasteiger partial charge in [0.05, 0.1) is 6.42 Å². The predicted octanol–water partition coefficient (Wildman–Crippen LogP) is 2.81. The number of aliphatic carboxylic acids is 1. The van der Waals surface area contributed by atoms with Crippen LogP contribution < -0.4 is 0 Å². The Kier molecular flexibility index (Phi) is 2.59. The van der Waals surface area contributed by atoms with Gasteiger partial charge in [-0.15, -0.1) is 11.3 Å². The number of aromatic nitrogens is 2. The van der Waals surface area contributed by atoms with Crippen molar-refractivity contribution in [3.8, 4) is 0 Å². The minimum absolute atomic E-state index is 0.135. The van der Waals surface area contributed by atoms with Gasteiger partial charge < -0.3 is 5.11 Å². The Morgan fingerprint density at radius 3 is 2.94 bits per heavy atom. The summed E-state index contributed by atoms with van der Waals surface area (Å²) in [6.45, 7) is 3.88. The van der Waals surface area contributed by atoms with Crippen LogP contribution >= 0.6 is 11.3 Å². The summed E-state index contributed by atoms with van der Waals surface area (Å²) >= 11 is 1.70. The maximum atomic E-state index is 10.9. The SMILES string of the molecule is Cc1nc(C)c2c3c(sc2n1)CCC3CC(=O)O. The molecular formula is C13H14N2O2S. The minimum atomic E-state index is -0.724. The number of hydrogen-bond donors (Lipinski definition) is 1. The average molecular weight is 262 g/mol. The molecule has 0 saturated carbocycles. The van der Waals surface area contributed by atoms with Crippen molar-refractivity contribution in [1.82, 2.24) is 9.97 Å². The second kappa shape index (κ2) is 4.02. The highest BCUT2D eigenvalue weighted by atomic mass is 32.1. The number of thiophene rings is 1. The van der Waals surface area contributed by atoms with Gasteiger partial charge in [-0.1, -0.05) is 0 Å². The minimum Gasteiger partial charge on any atom is -0.481 e. The van der Waals surface area contributed by atoms with E-state index in [1.54, 1.807) is 11.3 Å². The number of aryl methyl sites for hydroxylation is 3. The van der Waals surface area contributed by atoms with Crippen molar-refractivity contribution in [2.24, 2.45) is 0 Å². The molecule has 0 spiro atoms. The van der Waals surface area contributed by atoms with E-state index in [9.17, 15) is 4.79 Å². The molecule has 0 fully saturated rings. The monoisotopic (exact) mass is 262 g/mol. The molecule has 1 aliphatic carbocycles. The zero-order valence-electron chi connectivity index (χ0n) is 10.4. The molecule has 1 unspecified atom stereocenters. The Morgan fingerprint density at radius 1 is 1.44 bits per heavy atom. The van der Waals surface area contributed by atoms with Crippen molar-refractivity contribution < 1.29 is 9.90 Å². The second-order valence-electron chi connectivity index (χ2n) is 4.81. The smallest absolute Gasteiger partial charge is 0.303 e. The molecule has 3 rings (SSSR count). The maximum absolute atomic E-state index is 10.9. The molecule has 2 aromatic heterocycles. The maximum Gasteiger partial charge on any atom is 0.303 e. The number of rotatable bonds is 2. The highest BCUT2D eigenvalue weighted by Gasteiger charge is 2.30. The van der Waals surface area contributed by atoms with Gasteiger partial charge in [-0.2, -0.15) is 0 Å². The number of carbonyl (C=O) groups is 1. The lowest BCUT2D eigenvalue weighted by molar-refractivity contribution is -0.137. The zero-order valence-corrected chi connectivity index (χ0v) is 11.2. The quantitative estimate of drug-likeness (QED) is 0.904. The van der Waals surface area contributed by atoms with Gasteiger partial charge in [-0.05, 0) is 38.2 Å². The molecule has 94 valence electrons. The Bertz CT molecular complexity index is 648. The average Bonchev–Trinajstić information content (AvgIpc) is 2.77. The Morgan fingerprint density at radius 2 is 2.22 bits per heavy atom. The van der Waals surface area contributed by atoms with E-state index in [0.717, 1.165) is 34.6 Å². The standard InChI is InChI=1S/C13H14N2O2S/c1-6-11-12-8(5-10(16)17)3-4-9(12)18-13(11)15-7(2)14-6/h8H,3-5H2,1-2H3,(H,16,17). The summed E-state index contributed by atoms with van der Waals surface area (Å²) in [5.41, 5.74) is 2.18. The Balaban J connectivity index is 2.19. The fourth-order valence-electron chi connectivity index (χ4n) is 2.86. The van der Waals surface area contributed by atoms with E-state index in [-0.39, 0.29) is 12.3 Å². The zero-order chi connectivity index (χ0) is 12.9. The van der Waals surface area contributed by atoms with Crippen molar-refractivity contribution in [2.45, 2.75) is 39.0 Å². The van der Waals surface area contributed by atoms with E-state index in [1.807, 2.05) is 13.8 Å². The van der Waals surface area contributed by atoms with Crippen LogP contribution in [0.25, 0.3) is 10.2 Å². The summed E-state index contributed by atoms with van der Waals surface area (Å²) in [5.74, 6) is 0.198. The number of carboxylic acids is 1. The first kappa shape index (κ1) is 11.6. The summed E-state index contributed by atoms with van der Waals surface area (Å²) in [7, 11) is 0. The van der Waals surface area contributed by atoms with E-state index in [2.05, 4.69) is 9.97 Å². The van der Waals surface area contributed by atoms with Crippen LogP contribution in [-0.2, 0) is 11.2 Å². The third kappa shape index (κ3) is 1.70. The molecule has 0 aromatic carbocycles. The van der Waals surface area contributed by atoms with Gasteiger partial charge in [-0.25, -0.2) is 9.97 Å². The molecule has 0 amide bonds. The summed E-state index contributed by atoms with van der Waals surface area (Å²) in [5, 5.41) is 10.1. The van der Waals surface area contributed by atoms with Gasteiger partial charge in [0.15, 0.2) is 0 Å². The lowest BCUT2D eigenvalue weighted by atomic mass is 9.97. The van der Waals surface area contributed by atoms with Crippen LogP contribution in [-0.4, -0.2) is 21.0 Å². The molecule has 18 heavy (non-hydrogen) atoms. The molecule has 1 aliphatic rings. The van der Waals surface area contributed by atoms with Crippen LogP contribution in [0.4, 0.5) is 0 Å². The summed E-state index contributed by atoms with van der Waals surface area (Å²) < 4.78 is 0. The molecule has 0 saturated heterocycles. The topological polar surface area (TPSA) is 63.1 Å². The van der Waals surface area contributed by atoms with Crippen LogP contribution in [0.1, 0.15) is 40.7 Å². The first-order chi connectivity index (χ1) is 8.56. The number of nitrogens with zero attached hydrogens (tertiary/aromatic N) is 2. The van der Waals surface area contributed by atoms with Crippen molar-refractivity contribution >= 4 is 27.5 Å². The van der Waals surface area contributed by atoms with Gasteiger partial charge in [0.2, 0.25) is 0 Å². The summed E-state index contributed by atoms with van der Waals surface area (Å²) in [4.78, 5) is 22.1. The molecule has 0 aliphatic heterocycles. The highest BCUT2D eigenvalue weighted by Crippen LogP contribution is 2.45. The summed E-state index contributed by atoms with van der Waals surface area (Å²) in [6, 6.07) is 0. The van der Waals surface area contributed by atoms with Crippen molar-refractivity contribution in [3.63, 3.8) is 0 Å². The second-order valence-corrected chi connectivity index (χ2v) is 5.89. The third-order valence-electron chi connectivity index (χ3n) is 3.51. The first-order valence-corrected chi connectivity index (χ1v) is 6.86. The van der Waals surface area contributed by atoms with Crippen LogP contribution in [0.15, 0.2) is 0 Å². The molecule has 1 N–H and O–H groups in total. The van der Waals surface area contributed by atoms with Crippen molar-refractivity contribution in [3.05, 3.63) is 22.0 Å². The predicted molar refractivity (Wildman–Crippen MR) is 70.2 cm³/mol. The highest BCUT2D eigenvalue weighted by molar-refractivity contribution is 7.18. The molecular weight excluding hydrogens is 248 g/mol. The fraction of sp³-hybridized carbons (Fsp3) is 0.462. The van der Waals surface area contributed by atoms with Gasteiger partial charge in [0.1, 0.15) is 10.7 Å². The van der Waals surface area contributed by atoms with Gasteiger partial charge in [0.25, 0.3) is 0 Å². The number of fused-ring (bicyclic) bond motifs is 3. The molecule has 2 aromatic rings. The third-order valence-corrected chi connectivity index (χ3v) is 4.67. The van der Waals surface area contributed by atoms with Gasteiger partial charge >= 0.3 is 5.97 Å². The molecule has 2 heterocycles. The number of carboxylic acid groups (broad SMARTS) is 1. The van der Waals surface area contributed by atoms with E-state index >= 15 is 0 Å². The van der Waals surface area contributed by atoms with Crippen LogP contribution in [0.2, 0.25) is 0 Å². The molecule has 4 nitrogen and oxygen atoms in total. The molecule has 0 radical (unpaired) electrons. The summed E-state index contributed by atoms with van der Waals surface area (Å²) in [6.07, 6.45) is 2.13.